The maximum absolute atomic E-state index is 14.0. The molecule has 3 aliphatic rings. The van der Waals surface area contributed by atoms with Crippen molar-refractivity contribution in [1.29, 1.82) is 0 Å². The molecule has 0 aliphatic carbocycles. The number of esters is 1. The van der Waals surface area contributed by atoms with E-state index in [0.29, 0.717) is 36.5 Å². The SMILES string of the molecule is COc1cc2cc(c1Cl)N(C)C(=O)C[C@@H](OC(=O)[C@H](C)N(C)C(=O)CCS)[C@]1(C)OC1[C@H](C)[C@@H]1CC(C/C=C\C=C(/C)C2)NC(=O)O1. The minimum Gasteiger partial charge on any atom is -0.495 e. The molecule has 1 aromatic carbocycles. The fourth-order valence-electron chi connectivity index (χ4n) is 6.19. The summed E-state index contributed by atoms with van der Waals surface area (Å²) in [6.07, 6.45) is 5.20. The predicted molar refractivity (Wildman–Crippen MR) is 182 cm³/mol. The van der Waals surface area contributed by atoms with Crippen molar-refractivity contribution < 1.29 is 38.1 Å². The Morgan fingerprint density at radius 3 is 2.70 bits per heavy atom. The number of epoxide rings is 1. The van der Waals surface area contributed by atoms with Gasteiger partial charge in [-0.1, -0.05) is 42.3 Å². The second-order valence-corrected chi connectivity index (χ2v) is 13.6. The Bertz CT molecular complexity index is 1440. The lowest BCUT2D eigenvalue weighted by atomic mass is 9.85. The number of likely N-dealkylation sites (N-methyl/N-ethyl adjacent to an activating group) is 1. The summed E-state index contributed by atoms with van der Waals surface area (Å²) < 4.78 is 23.5. The number of ether oxygens (including phenoxy) is 4. The van der Waals surface area contributed by atoms with Crippen LogP contribution in [0.3, 0.4) is 0 Å². The molecule has 0 aromatic heterocycles. The third-order valence-corrected chi connectivity index (χ3v) is 10.0. The van der Waals surface area contributed by atoms with Crippen LogP contribution in [0.5, 0.6) is 5.75 Å². The zero-order valence-corrected chi connectivity index (χ0v) is 29.7. The fraction of sp³-hybridized carbons (Fsp3) is 0.588. The zero-order valence-electron chi connectivity index (χ0n) is 28.1. The summed E-state index contributed by atoms with van der Waals surface area (Å²) in [6.45, 7) is 7.30. The van der Waals surface area contributed by atoms with Gasteiger partial charge in [0, 0.05) is 38.9 Å². The molecule has 0 saturated carbocycles. The molecule has 2 fully saturated rings. The molecule has 0 radical (unpaired) electrons. The standard InChI is InChI=1S/C34H46ClN3O8S/c1-19-10-8-9-11-23-17-25(44-33(42)36-23)20(2)31-34(4,46-31)27(45-32(41)21(3)37(5)28(39)12-13-47)18-29(40)38(6)24-15-22(14-19)16-26(43-7)30(24)35/h8-10,15-16,20-21,23,25,27,31,47H,11-14,17-18H2,1-7H3,(H,36,42)/b9-8-,19-10+/t20-,21+,23?,25+,27-,31?,34+/m1/s1. The first-order chi connectivity index (χ1) is 22.2. The van der Waals surface area contributed by atoms with Crippen LogP contribution in [0.25, 0.3) is 0 Å². The van der Waals surface area contributed by atoms with Gasteiger partial charge < -0.3 is 34.1 Å². The maximum Gasteiger partial charge on any atom is 0.407 e. The van der Waals surface area contributed by atoms with Gasteiger partial charge in [-0.05, 0) is 57.1 Å². The van der Waals surface area contributed by atoms with Gasteiger partial charge in [0.05, 0.1) is 25.3 Å². The second kappa shape index (κ2) is 15.3. The number of nitrogens with one attached hydrogen (secondary N) is 1. The van der Waals surface area contributed by atoms with Gasteiger partial charge in [-0.25, -0.2) is 9.59 Å². The molecule has 3 aliphatic heterocycles. The number of anilines is 1. The topological polar surface area (TPSA) is 127 Å². The maximum atomic E-state index is 14.0. The van der Waals surface area contributed by atoms with Gasteiger partial charge in [0.2, 0.25) is 11.8 Å². The molecule has 47 heavy (non-hydrogen) atoms. The van der Waals surface area contributed by atoms with E-state index in [1.54, 1.807) is 20.9 Å². The number of amides is 3. The minimum absolute atomic E-state index is 0.140. The van der Waals surface area contributed by atoms with Crippen molar-refractivity contribution in [3.8, 4) is 5.75 Å². The van der Waals surface area contributed by atoms with Crippen molar-refractivity contribution in [2.75, 3.05) is 31.9 Å². The van der Waals surface area contributed by atoms with Crippen molar-refractivity contribution in [1.82, 2.24) is 10.2 Å². The molecule has 7 atom stereocenters. The Kier molecular flexibility index (Phi) is 11.9. The van der Waals surface area contributed by atoms with E-state index in [4.69, 9.17) is 30.5 Å². The average Bonchev–Trinajstić information content (AvgIpc) is 3.73. The number of thiol groups is 1. The third kappa shape index (κ3) is 8.45. The number of benzene rings is 1. The normalized spacial score (nSPS) is 30.4. The molecule has 11 nitrogen and oxygen atoms in total. The molecule has 2 unspecified atom stereocenters. The van der Waals surface area contributed by atoms with Gasteiger partial charge >= 0.3 is 12.1 Å². The van der Waals surface area contributed by atoms with Crippen LogP contribution in [0.1, 0.15) is 58.9 Å². The smallest absolute Gasteiger partial charge is 0.407 e. The highest BCUT2D eigenvalue weighted by Gasteiger charge is 2.63. The number of hydrogen-bond acceptors (Lipinski definition) is 9. The molecule has 1 N–H and O–H groups in total. The highest BCUT2D eigenvalue weighted by atomic mass is 35.5. The van der Waals surface area contributed by atoms with E-state index >= 15 is 0 Å². The minimum atomic E-state index is -1.07. The van der Waals surface area contributed by atoms with Crippen molar-refractivity contribution in [2.45, 2.75) is 95.8 Å². The van der Waals surface area contributed by atoms with E-state index in [1.807, 2.05) is 44.2 Å². The average molecular weight is 692 g/mol. The first kappa shape index (κ1) is 36.6. The molecular formula is C34H46ClN3O8S. The van der Waals surface area contributed by atoms with E-state index in [-0.39, 0.29) is 41.6 Å². The van der Waals surface area contributed by atoms with E-state index in [1.165, 1.54) is 24.0 Å². The van der Waals surface area contributed by atoms with E-state index in [0.717, 1.165) is 11.1 Å². The van der Waals surface area contributed by atoms with Crippen LogP contribution in [-0.4, -0.2) is 91.7 Å². The Balaban J connectivity index is 1.71. The molecule has 13 heteroatoms. The Morgan fingerprint density at radius 2 is 2.02 bits per heavy atom. The lowest BCUT2D eigenvalue weighted by Gasteiger charge is -2.33. The number of rotatable bonds is 6. The first-order valence-electron chi connectivity index (χ1n) is 15.9. The van der Waals surface area contributed by atoms with Crippen LogP contribution >= 0.6 is 24.2 Å². The predicted octanol–water partition coefficient (Wildman–Crippen LogP) is 4.89. The Hall–Kier alpha value is -3.22. The molecule has 0 spiro atoms. The van der Waals surface area contributed by atoms with Crippen LogP contribution in [0.4, 0.5) is 10.5 Å². The van der Waals surface area contributed by atoms with E-state index < -0.39 is 42.0 Å². The van der Waals surface area contributed by atoms with Crippen LogP contribution in [-0.2, 0) is 35.0 Å². The number of methoxy groups -OCH3 is 1. The number of alkyl carbamates (subject to hydrolysis) is 1. The molecule has 1 aromatic rings. The van der Waals surface area contributed by atoms with Gasteiger partial charge in [0.15, 0.2) is 0 Å². The molecule has 4 bridgehead atoms. The highest BCUT2D eigenvalue weighted by molar-refractivity contribution is 7.80. The summed E-state index contributed by atoms with van der Waals surface area (Å²) in [7, 11) is 4.65. The molecule has 3 heterocycles. The third-order valence-electron chi connectivity index (χ3n) is 9.40. The summed E-state index contributed by atoms with van der Waals surface area (Å²) >= 11 is 10.8. The lowest BCUT2D eigenvalue weighted by Crippen LogP contribution is -2.49. The zero-order chi connectivity index (χ0) is 34.6. The number of halogens is 1. The number of allylic oxidation sites excluding steroid dienone is 3. The van der Waals surface area contributed by atoms with Crippen LogP contribution in [0, 0.1) is 5.92 Å². The van der Waals surface area contributed by atoms with Crippen LogP contribution < -0.4 is 15.0 Å². The van der Waals surface area contributed by atoms with E-state index in [9.17, 15) is 19.2 Å². The molecule has 258 valence electrons. The number of fused-ring (bicyclic) bond motifs is 5. The van der Waals surface area contributed by atoms with Crippen LogP contribution in [0.2, 0.25) is 5.02 Å². The number of carbonyl (C=O) groups excluding carboxylic acids is 4. The number of nitrogens with zero attached hydrogens (tertiary/aromatic N) is 2. The molecule has 4 rings (SSSR count). The lowest BCUT2D eigenvalue weighted by molar-refractivity contribution is -0.161. The quantitative estimate of drug-likeness (QED) is 0.245. The van der Waals surface area contributed by atoms with Gasteiger partial charge in [-0.2, -0.15) is 12.6 Å². The number of hydrogen-bond donors (Lipinski definition) is 2. The van der Waals surface area contributed by atoms with Crippen molar-refractivity contribution >= 4 is 53.8 Å². The number of carbonyl (C=O) groups is 4. The van der Waals surface area contributed by atoms with Gasteiger partial charge in [-0.15, -0.1) is 0 Å². The van der Waals surface area contributed by atoms with E-state index in [2.05, 4.69) is 17.9 Å². The van der Waals surface area contributed by atoms with Crippen molar-refractivity contribution in [2.24, 2.45) is 5.92 Å². The monoisotopic (exact) mass is 691 g/mol. The van der Waals surface area contributed by atoms with Crippen LogP contribution in [0.15, 0.2) is 35.9 Å². The summed E-state index contributed by atoms with van der Waals surface area (Å²) in [4.78, 5) is 55.3. The largest absolute Gasteiger partial charge is 0.495 e. The summed E-state index contributed by atoms with van der Waals surface area (Å²) in [5.74, 6) is -0.821. The second-order valence-electron chi connectivity index (χ2n) is 12.8. The van der Waals surface area contributed by atoms with Gasteiger partial charge in [0.25, 0.3) is 0 Å². The molecular weight excluding hydrogens is 646 g/mol. The Morgan fingerprint density at radius 1 is 1.30 bits per heavy atom. The van der Waals surface area contributed by atoms with Crippen molar-refractivity contribution in [3.05, 3.63) is 46.5 Å². The summed E-state index contributed by atoms with van der Waals surface area (Å²) in [6, 6.07) is 2.63. The molecule has 2 saturated heterocycles. The summed E-state index contributed by atoms with van der Waals surface area (Å²) in [5.41, 5.74) is 1.33. The summed E-state index contributed by atoms with van der Waals surface area (Å²) in [5, 5.41) is 3.17. The van der Waals surface area contributed by atoms with Gasteiger partial charge in [0.1, 0.15) is 34.6 Å². The van der Waals surface area contributed by atoms with Crippen molar-refractivity contribution in [3.63, 3.8) is 0 Å². The first-order valence-corrected chi connectivity index (χ1v) is 16.9. The highest BCUT2D eigenvalue weighted by Crippen LogP contribution is 2.48. The fourth-order valence-corrected chi connectivity index (χ4v) is 6.70. The molecule has 3 amide bonds. The van der Waals surface area contributed by atoms with Gasteiger partial charge in [-0.3, -0.25) is 9.59 Å². The Labute approximate surface area is 287 Å².